The minimum atomic E-state index is -2.15. The Labute approximate surface area is 148 Å². The van der Waals surface area contributed by atoms with Crippen LogP contribution in [-0.2, 0) is 4.79 Å². The number of hydrogen-bond acceptors (Lipinski definition) is 4. The molecule has 0 spiro atoms. The van der Waals surface area contributed by atoms with Gasteiger partial charge in [0.2, 0.25) is 0 Å². The number of carbonyl (C=O) groups excluding carboxylic acids is 1. The van der Waals surface area contributed by atoms with Crippen molar-refractivity contribution in [3.8, 4) is 11.5 Å². The molecule has 0 aliphatic rings. The van der Waals surface area contributed by atoms with Crippen molar-refractivity contribution in [3.05, 3.63) is 53.9 Å². The van der Waals surface area contributed by atoms with Gasteiger partial charge in [-0.3, -0.25) is 4.98 Å². The lowest BCUT2D eigenvalue weighted by Gasteiger charge is -2.13. The molecule has 0 radical (unpaired) electrons. The van der Waals surface area contributed by atoms with Crippen molar-refractivity contribution < 1.29 is 14.3 Å². The first-order valence-electron chi connectivity index (χ1n) is 6.46. The van der Waals surface area contributed by atoms with Gasteiger partial charge in [-0.15, -0.1) is 0 Å². The van der Waals surface area contributed by atoms with Crippen LogP contribution in [0.4, 0.5) is 0 Å². The summed E-state index contributed by atoms with van der Waals surface area (Å²) in [6.07, 6.45) is 5.41. The summed E-state index contributed by atoms with van der Waals surface area (Å²) < 4.78 is 8.07. The molecule has 0 saturated carbocycles. The molecule has 0 amide bonds. The molecule has 23 heavy (non-hydrogen) atoms. The van der Waals surface area contributed by atoms with E-state index in [-0.39, 0.29) is 5.75 Å². The molecule has 2 rings (SSSR count). The highest BCUT2D eigenvalue weighted by Gasteiger charge is 2.33. The molecule has 1 heterocycles. The van der Waals surface area contributed by atoms with Gasteiger partial charge in [-0.05, 0) is 35.9 Å². The van der Waals surface area contributed by atoms with Crippen molar-refractivity contribution >= 4 is 52.9 Å². The fourth-order valence-electron chi connectivity index (χ4n) is 1.69. The first kappa shape index (κ1) is 17.6. The fourth-order valence-corrected chi connectivity index (χ4v) is 1.80. The Kier molecular flexibility index (Phi) is 5.88. The van der Waals surface area contributed by atoms with Crippen molar-refractivity contribution in [2.45, 2.75) is 3.79 Å². The van der Waals surface area contributed by atoms with E-state index in [1.807, 2.05) is 30.4 Å². The molecule has 2 aromatic rings. The predicted molar refractivity (Wildman–Crippen MR) is 92.1 cm³/mol. The van der Waals surface area contributed by atoms with E-state index >= 15 is 0 Å². The highest BCUT2D eigenvalue weighted by Crippen LogP contribution is 2.33. The molecule has 0 aliphatic heterocycles. The number of ether oxygens (including phenoxy) is 2. The first-order valence-corrected chi connectivity index (χ1v) is 7.59. The maximum atomic E-state index is 11.6. The first-order chi connectivity index (χ1) is 10.9. The SMILES string of the molecule is COc1cc(/C=C/c2ccccn2)ccc1OC(=O)C(Cl)(Cl)Cl. The number of alkyl halides is 3. The lowest BCUT2D eigenvalue weighted by atomic mass is 10.1. The lowest BCUT2D eigenvalue weighted by molar-refractivity contribution is -0.133. The van der Waals surface area contributed by atoms with Crippen LogP contribution in [0.5, 0.6) is 11.5 Å². The number of methoxy groups -OCH3 is 1. The molecule has 0 unspecified atom stereocenters. The van der Waals surface area contributed by atoms with Gasteiger partial charge in [0.05, 0.1) is 12.8 Å². The number of rotatable bonds is 4. The molecule has 7 heteroatoms. The standard InChI is InChI=1S/C16H12Cl3NO3/c1-22-14-10-11(5-7-12-4-2-3-9-20-12)6-8-13(14)23-15(21)16(17,18)19/h2-10H,1H3/b7-5+. The Morgan fingerprint density at radius 3 is 2.52 bits per heavy atom. The highest BCUT2D eigenvalue weighted by atomic mass is 35.6. The zero-order chi connectivity index (χ0) is 16.9. The molecular formula is C16H12Cl3NO3. The summed E-state index contributed by atoms with van der Waals surface area (Å²) >= 11 is 16.4. The second-order valence-electron chi connectivity index (χ2n) is 4.39. The van der Waals surface area contributed by atoms with Crippen LogP contribution in [0.2, 0.25) is 0 Å². The van der Waals surface area contributed by atoms with Gasteiger partial charge in [0.25, 0.3) is 3.79 Å². The Morgan fingerprint density at radius 1 is 1.13 bits per heavy atom. The van der Waals surface area contributed by atoms with Crippen molar-refractivity contribution in [3.63, 3.8) is 0 Å². The van der Waals surface area contributed by atoms with Crippen LogP contribution < -0.4 is 9.47 Å². The second-order valence-corrected chi connectivity index (χ2v) is 6.67. The van der Waals surface area contributed by atoms with Crippen LogP contribution in [-0.4, -0.2) is 21.9 Å². The Bertz CT molecular complexity index is 712. The minimum absolute atomic E-state index is 0.166. The minimum Gasteiger partial charge on any atom is -0.493 e. The van der Waals surface area contributed by atoms with Gasteiger partial charge in [-0.1, -0.05) is 53.0 Å². The quantitative estimate of drug-likeness (QED) is 0.449. The zero-order valence-electron chi connectivity index (χ0n) is 12.0. The van der Waals surface area contributed by atoms with E-state index in [1.54, 1.807) is 24.4 Å². The molecule has 0 fully saturated rings. The molecule has 1 aromatic carbocycles. The molecule has 0 N–H and O–H groups in total. The van der Waals surface area contributed by atoms with Crippen LogP contribution in [0.1, 0.15) is 11.3 Å². The summed E-state index contributed by atoms with van der Waals surface area (Å²) in [5.41, 5.74) is 1.65. The largest absolute Gasteiger partial charge is 0.493 e. The van der Waals surface area contributed by atoms with E-state index in [0.717, 1.165) is 11.3 Å². The monoisotopic (exact) mass is 371 g/mol. The molecule has 0 saturated heterocycles. The van der Waals surface area contributed by atoms with Crippen LogP contribution >= 0.6 is 34.8 Å². The number of hydrogen-bond donors (Lipinski definition) is 0. The molecule has 0 aliphatic carbocycles. The van der Waals surface area contributed by atoms with Gasteiger partial charge in [0, 0.05) is 6.20 Å². The van der Waals surface area contributed by atoms with Crippen LogP contribution in [0.3, 0.4) is 0 Å². The van der Waals surface area contributed by atoms with E-state index < -0.39 is 9.76 Å². The average molecular weight is 373 g/mol. The van der Waals surface area contributed by atoms with Crippen molar-refractivity contribution in [1.82, 2.24) is 4.98 Å². The summed E-state index contributed by atoms with van der Waals surface area (Å²) in [5.74, 6) is -0.493. The fraction of sp³-hybridized carbons (Fsp3) is 0.125. The predicted octanol–water partition coefficient (Wildman–Crippen LogP) is 4.54. The van der Waals surface area contributed by atoms with Gasteiger partial charge in [0.15, 0.2) is 11.5 Å². The molecule has 120 valence electrons. The van der Waals surface area contributed by atoms with Gasteiger partial charge in [-0.2, -0.15) is 0 Å². The lowest BCUT2D eigenvalue weighted by Crippen LogP contribution is -2.24. The van der Waals surface area contributed by atoms with Crippen molar-refractivity contribution in [2.75, 3.05) is 7.11 Å². The summed E-state index contributed by atoms with van der Waals surface area (Å²) in [6, 6.07) is 10.6. The number of esters is 1. The number of nitrogens with zero attached hydrogens (tertiary/aromatic N) is 1. The third kappa shape index (κ3) is 5.13. The highest BCUT2D eigenvalue weighted by molar-refractivity contribution is 6.75. The number of carbonyl (C=O) groups is 1. The summed E-state index contributed by atoms with van der Waals surface area (Å²) in [4.78, 5) is 15.8. The molecular weight excluding hydrogens is 361 g/mol. The van der Waals surface area contributed by atoms with Gasteiger partial charge in [-0.25, -0.2) is 4.79 Å². The van der Waals surface area contributed by atoms with Crippen LogP contribution in [0.15, 0.2) is 42.6 Å². The van der Waals surface area contributed by atoms with E-state index in [0.29, 0.717) is 5.75 Å². The second kappa shape index (κ2) is 7.68. The van der Waals surface area contributed by atoms with Gasteiger partial charge in [0.1, 0.15) is 0 Å². The van der Waals surface area contributed by atoms with Crippen LogP contribution in [0.25, 0.3) is 12.2 Å². The van der Waals surface area contributed by atoms with Gasteiger partial charge >= 0.3 is 5.97 Å². The van der Waals surface area contributed by atoms with Crippen molar-refractivity contribution in [2.24, 2.45) is 0 Å². The maximum Gasteiger partial charge on any atom is 0.364 e. The number of pyridine rings is 1. The Hall–Kier alpha value is -1.75. The van der Waals surface area contributed by atoms with Gasteiger partial charge < -0.3 is 9.47 Å². The Balaban J connectivity index is 2.19. The smallest absolute Gasteiger partial charge is 0.364 e. The van der Waals surface area contributed by atoms with Crippen LogP contribution in [0, 0.1) is 0 Å². The van der Waals surface area contributed by atoms with Crippen molar-refractivity contribution in [1.29, 1.82) is 0 Å². The maximum absolute atomic E-state index is 11.6. The Morgan fingerprint density at radius 2 is 1.91 bits per heavy atom. The summed E-state index contributed by atoms with van der Waals surface area (Å²) in [5, 5.41) is 0. The third-order valence-electron chi connectivity index (χ3n) is 2.76. The molecule has 1 aromatic heterocycles. The van der Waals surface area contributed by atoms with E-state index in [1.165, 1.54) is 7.11 Å². The number of aromatic nitrogens is 1. The third-order valence-corrected chi connectivity index (χ3v) is 3.22. The normalized spacial score (nSPS) is 11.5. The molecule has 0 atom stereocenters. The summed E-state index contributed by atoms with van der Waals surface area (Å²) in [7, 11) is 1.45. The number of halogens is 3. The number of benzene rings is 1. The van der Waals surface area contributed by atoms with E-state index in [2.05, 4.69) is 4.98 Å². The topological polar surface area (TPSA) is 48.4 Å². The molecule has 0 bridgehead atoms. The zero-order valence-corrected chi connectivity index (χ0v) is 14.3. The van der Waals surface area contributed by atoms with E-state index in [9.17, 15) is 4.79 Å². The average Bonchev–Trinajstić information content (AvgIpc) is 2.54. The summed E-state index contributed by atoms with van der Waals surface area (Å²) in [6.45, 7) is 0. The van der Waals surface area contributed by atoms with E-state index in [4.69, 9.17) is 44.3 Å². The molecule has 4 nitrogen and oxygen atoms in total.